The number of ether oxygens (including phenoxy) is 4. The summed E-state index contributed by atoms with van der Waals surface area (Å²) >= 11 is 6.74. The van der Waals surface area contributed by atoms with Crippen molar-refractivity contribution in [1.29, 1.82) is 0 Å². The lowest BCUT2D eigenvalue weighted by atomic mass is 10.1. The van der Waals surface area contributed by atoms with Crippen LogP contribution in [0.3, 0.4) is 0 Å². The Labute approximate surface area is 618 Å². The maximum Gasteiger partial charge on any atom is 0.280 e. The number of nitrogens with zero attached hydrogens (tertiary/aromatic N) is 13. The zero-order chi connectivity index (χ0) is 77.3. The number of aromatic amines is 4. The third-order valence-corrected chi connectivity index (χ3v) is 25.4. The van der Waals surface area contributed by atoms with E-state index in [1.165, 1.54) is 33.6 Å². The largest absolute Gasteiger partial charge is 0.388 e. The van der Waals surface area contributed by atoms with Crippen LogP contribution in [0.1, 0.15) is 88.4 Å². The maximum atomic E-state index is 12.4. The van der Waals surface area contributed by atoms with Crippen LogP contribution in [0.4, 0.5) is 11.9 Å². The summed E-state index contributed by atoms with van der Waals surface area (Å²) in [5, 5.41) is 87.2. The quantitative estimate of drug-likeness (QED) is 0.0188. The van der Waals surface area contributed by atoms with E-state index >= 15 is 0 Å². The highest BCUT2D eigenvalue weighted by molar-refractivity contribution is 7.99. The molecule has 4 aliphatic rings. The highest BCUT2D eigenvalue weighted by Crippen LogP contribution is 2.45. The van der Waals surface area contributed by atoms with Crippen molar-refractivity contribution < 1.29 is 59.8 Å². The van der Waals surface area contributed by atoms with E-state index in [2.05, 4.69) is 151 Å². The van der Waals surface area contributed by atoms with Gasteiger partial charge in [-0.15, -0.1) is 52.7 Å². The van der Waals surface area contributed by atoms with Crippen molar-refractivity contribution in [3.8, 4) is 0 Å². The van der Waals surface area contributed by atoms with Gasteiger partial charge in [0.2, 0.25) is 11.9 Å². The van der Waals surface area contributed by atoms with Gasteiger partial charge in [0, 0.05) is 26.9 Å². The van der Waals surface area contributed by atoms with E-state index in [9.17, 15) is 55.2 Å². The molecule has 4 fully saturated rings. The molecule has 0 aliphatic carbocycles. The lowest BCUT2D eigenvalue weighted by Gasteiger charge is -2.20. The third-order valence-electron chi connectivity index (χ3n) is 18.2. The number of fused-ring (bicyclic) bond motifs is 4. The zero-order valence-corrected chi connectivity index (χ0v) is 67.3. The van der Waals surface area contributed by atoms with Crippen molar-refractivity contribution >= 4 is 133 Å². The van der Waals surface area contributed by atoms with Gasteiger partial charge in [-0.05, 0) is 124 Å². The minimum absolute atomic E-state index is 0.151. The minimum atomic E-state index is -1.28. The van der Waals surface area contributed by atoms with Crippen LogP contribution in [-0.2, 0) is 18.9 Å². The van der Waals surface area contributed by atoms with Crippen LogP contribution in [0.5, 0.6) is 0 Å². The van der Waals surface area contributed by atoms with Crippen molar-refractivity contribution in [1.82, 2.24) is 78.1 Å². The van der Waals surface area contributed by atoms with Crippen LogP contribution < -0.4 is 26.9 Å². The highest BCUT2D eigenvalue weighted by Gasteiger charge is 2.48. The summed E-state index contributed by atoms with van der Waals surface area (Å²) in [4.78, 5) is 83.6. The molecule has 0 saturated carbocycles. The van der Waals surface area contributed by atoms with Crippen LogP contribution in [0, 0.1) is 18.5 Å². The molecule has 8 aromatic heterocycles. The average molecular weight is 1580 g/mol. The average Bonchev–Trinajstić information content (AvgIpc) is 1.64. The van der Waals surface area contributed by atoms with Gasteiger partial charge in [0.1, 0.15) is 71.6 Å². The lowest BCUT2D eigenvalue weighted by molar-refractivity contribution is -0.0400. The van der Waals surface area contributed by atoms with Gasteiger partial charge >= 0.3 is 0 Å². The Morgan fingerprint density at radius 1 is 0.514 bits per heavy atom. The second-order valence-corrected chi connectivity index (χ2v) is 48.9. The SMILES string of the molecule is C=P(C)(C)CC[C@H]1O[C@@H](n2c(SCCCCC)nc3c(=O)[nH]c(C)nc32)[C@H](O)[C@@H]1O.C=P(C)(C)CC[C@H]1O[C@@H](n2cnc3c(=O)[nH]c(N(C)C)nc32)[C@H](O)[C@@H]1O.C=P(C)(C)CC[C@H]1O[C@@H](n2cnc3c(=O)[nH]c(NC)nc32)[C@H](O)[C@@H]1O.C=P(C)(C)CC[C@H]1O[C@@H](n2cnc3c(=S)nc(C)[nH]c32)[C@H](O)[C@@H]1O. The number of imidazole rings is 4. The molecule has 0 unspecified atom stereocenters. The topological polar surface area (TPSA) is 451 Å². The molecule has 582 valence electrons. The molecule has 33 nitrogen and oxygen atoms in total. The summed E-state index contributed by atoms with van der Waals surface area (Å²) < 4.78 is 30.7. The van der Waals surface area contributed by atoms with Gasteiger partial charge in [0.25, 0.3) is 16.7 Å². The summed E-state index contributed by atoms with van der Waals surface area (Å²) in [6.45, 7) is 17.6. The normalized spacial score (nSPS) is 26.5. The summed E-state index contributed by atoms with van der Waals surface area (Å²) in [5.74, 6) is 2.61. The van der Waals surface area contributed by atoms with Gasteiger partial charge in [-0.3, -0.25) is 42.6 Å². The molecule has 12 heterocycles. The third kappa shape index (κ3) is 20.1. The van der Waals surface area contributed by atoms with E-state index in [1.54, 1.807) is 55.4 Å². The molecule has 0 aromatic carbocycles. The van der Waals surface area contributed by atoms with E-state index in [0.29, 0.717) is 75.5 Å². The molecule has 13 N–H and O–H groups in total. The lowest BCUT2D eigenvalue weighted by Crippen LogP contribution is -2.32. The first kappa shape index (κ1) is 83.5. The van der Waals surface area contributed by atoms with Crippen LogP contribution in [0.15, 0.2) is 38.5 Å². The Hall–Kier alpha value is -5.51. The molecule has 16 atom stereocenters. The molecule has 39 heteroatoms. The van der Waals surface area contributed by atoms with E-state index in [-0.39, 0.29) is 44.8 Å². The number of aliphatic hydroxyl groups is 8. The Kier molecular flexibility index (Phi) is 27.2. The van der Waals surface area contributed by atoms with Gasteiger partial charge in [-0.2, -0.15) is 9.97 Å². The number of nitrogens with one attached hydrogen (secondary N) is 5. The smallest absolute Gasteiger partial charge is 0.280 e. The standard InChI is InChI=1S/C20H33N4O4PS.C16H26N5O4P.C15H24N5O4P.C15H23N4O3PS/c1-6-7-8-11-30-20-23-14-17(21-12(2)22-18(14)27)24(20)19-16(26)15(25)13(28-19)9-10-29(3,4)5;1-20(2)16-18-13-10(14(24)19-16)17-8-21(13)15-12(23)11(22)9(25-15)6-7-26(3,4)5;1-16-15-18-12-9(13(23)19-15)17-7-20(12)14-11(22)10(21)8(24-14)5-6-25(2,3)4;1-8-17-13-10(14(24)18-8)16-7-19(13)15-12(21)11(20)9(22-15)5-6-23(2,3)4/h13,15-16,19,25-26H,3,6-11H2,1-2,4-5H3,(H,21,22,27);8-9,11-12,15,22-23H,3,6-7H2,1-2,4-5H3,(H,18,19,24);7-8,10-11,14,21-22H,2,5-6H2,1,3-4H3,(H2,16,18,19,23);7,9,11-12,15,20-21H,2,5-6H2,1,3-4H3,(H,17,18,24)/t13-,15-,16-,19-;9-,11-,12-,15-;8-,10-,11-,14-;9-,11-,12-,15-/m1111/s1. The fourth-order valence-corrected chi connectivity index (χ4v) is 17.5. The van der Waals surface area contributed by atoms with Crippen LogP contribution in [-0.4, -0.2) is 322 Å². The molecule has 12 rings (SSSR count). The van der Waals surface area contributed by atoms with Crippen LogP contribution in [0.2, 0.25) is 0 Å². The summed E-state index contributed by atoms with van der Waals surface area (Å²) in [6, 6.07) is 0. The molecule has 4 saturated heterocycles. The van der Waals surface area contributed by atoms with Gasteiger partial charge in [-0.25, -0.2) is 29.9 Å². The molecule has 0 radical (unpaired) electrons. The number of rotatable bonds is 23. The molecular formula is C66H106N18O15P4S2. The van der Waals surface area contributed by atoms with E-state index < -0.39 is 126 Å². The number of unbranched alkanes of at least 4 members (excludes halogenated alkanes) is 2. The van der Waals surface area contributed by atoms with Crippen molar-refractivity contribution in [3.05, 3.63) is 66.3 Å². The first-order chi connectivity index (χ1) is 49.1. The fourth-order valence-electron chi connectivity index (χ4n) is 12.4. The monoisotopic (exact) mass is 1580 g/mol. The van der Waals surface area contributed by atoms with Crippen molar-refractivity contribution in [3.63, 3.8) is 0 Å². The Morgan fingerprint density at radius 2 is 0.914 bits per heavy atom. The maximum absolute atomic E-state index is 12.4. The predicted molar refractivity (Wildman–Crippen MR) is 426 cm³/mol. The molecular weight excluding hydrogens is 1470 g/mol. The molecule has 0 amide bonds. The Morgan fingerprint density at radius 3 is 1.36 bits per heavy atom. The number of thioether (sulfide) groups is 1. The zero-order valence-electron chi connectivity index (χ0n) is 62.1. The van der Waals surface area contributed by atoms with Gasteiger partial charge in [0.05, 0.1) is 43.4 Å². The number of aromatic nitrogens is 16. The van der Waals surface area contributed by atoms with E-state index in [1.807, 2.05) is 0 Å². The Balaban J connectivity index is 0.000000163. The molecule has 4 aliphatic heterocycles. The van der Waals surface area contributed by atoms with Gasteiger partial charge in [0.15, 0.2) is 68.2 Å². The molecule has 0 bridgehead atoms. The van der Waals surface area contributed by atoms with Crippen LogP contribution in [0.25, 0.3) is 44.7 Å². The van der Waals surface area contributed by atoms with Crippen molar-refractivity contribution in [2.24, 2.45) is 0 Å². The second kappa shape index (κ2) is 34.2. The number of anilines is 2. The van der Waals surface area contributed by atoms with Crippen LogP contribution >= 0.6 is 51.5 Å². The van der Waals surface area contributed by atoms with E-state index in [0.717, 1.165) is 49.7 Å². The fraction of sp³-hybridized carbons (Fsp3) is 0.636. The molecule has 105 heavy (non-hydrogen) atoms. The summed E-state index contributed by atoms with van der Waals surface area (Å²) in [6.07, 6.45) is 16.7. The predicted octanol–water partition coefficient (Wildman–Crippen LogP) is 3.73. The first-order valence-corrected chi connectivity index (χ1v) is 48.3. The number of aliphatic hydroxyl groups excluding tert-OH is 8. The van der Waals surface area contributed by atoms with Gasteiger partial charge in [-0.1, -0.05) is 43.7 Å². The number of hydrogen-bond acceptors (Lipinski definition) is 27. The minimum Gasteiger partial charge on any atom is -0.388 e. The van der Waals surface area contributed by atoms with Gasteiger partial charge < -0.3 is 80.0 Å². The van der Waals surface area contributed by atoms with Crippen molar-refractivity contribution in [2.75, 3.05) is 115 Å². The first-order valence-electron chi connectivity index (χ1n) is 34.7. The molecule has 8 aromatic rings. The Bertz CT molecular complexity index is 4800. The number of H-pyrrole nitrogens is 4. The van der Waals surface area contributed by atoms with Crippen molar-refractivity contribution in [2.45, 2.75) is 169 Å². The summed E-state index contributed by atoms with van der Waals surface area (Å²) in [5.41, 5.74) is 1.60. The molecule has 0 spiro atoms. The van der Waals surface area contributed by atoms with E-state index in [4.69, 9.17) is 31.2 Å². The second-order valence-electron chi connectivity index (χ2n) is 30.2. The number of aryl methyl sites for hydroxylation is 2. The highest BCUT2D eigenvalue weighted by atomic mass is 32.2. The number of hydrogen-bond donors (Lipinski definition) is 13. The summed E-state index contributed by atoms with van der Waals surface area (Å²) in [7, 11) is 5.15.